The maximum absolute atomic E-state index is 13.2. The van der Waals surface area contributed by atoms with Crippen molar-refractivity contribution in [2.45, 2.75) is 31.3 Å². The van der Waals surface area contributed by atoms with Crippen LogP contribution in [0.15, 0.2) is 18.2 Å². The lowest BCUT2D eigenvalue weighted by molar-refractivity contribution is -0.180. The Labute approximate surface area is 192 Å². The molecule has 0 N–H and O–H groups in total. The van der Waals surface area contributed by atoms with Crippen molar-refractivity contribution in [3.05, 3.63) is 27.3 Å². The Morgan fingerprint density at radius 2 is 2.10 bits per heavy atom. The summed E-state index contributed by atoms with van der Waals surface area (Å²) in [6.07, 6.45) is 0.554. The van der Waals surface area contributed by atoms with E-state index in [1.165, 1.54) is 18.7 Å². The predicted octanol–water partition coefficient (Wildman–Crippen LogP) is 3.21. The highest BCUT2D eigenvalue weighted by Crippen LogP contribution is 2.46. The van der Waals surface area contributed by atoms with Gasteiger partial charge in [0.25, 0.3) is 11.7 Å². The van der Waals surface area contributed by atoms with Crippen molar-refractivity contribution in [3.8, 4) is 0 Å². The van der Waals surface area contributed by atoms with Crippen LogP contribution >= 0.6 is 46.6 Å². The molecule has 0 saturated carbocycles. The lowest BCUT2D eigenvalue weighted by atomic mass is 10.1. The molecule has 1 atom stereocenters. The van der Waals surface area contributed by atoms with Gasteiger partial charge >= 0.3 is 5.97 Å². The highest BCUT2D eigenvalue weighted by Gasteiger charge is 2.56. The molecule has 1 spiro atoms. The van der Waals surface area contributed by atoms with E-state index in [-0.39, 0.29) is 23.7 Å². The van der Waals surface area contributed by atoms with E-state index in [1.807, 2.05) is 25.1 Å². The third-order valence-corrected chi connectivity index (χ3v) is 6.59. The number of thiocarbonyl (C=S) groups is 1. The lowest BCUT2D eigenvalue weighted by Gasteiger charge is -2.24. The molecule has 2 heterocycles. The summed E-state index contributed by atoms with van der Waals surface area (Å²) in [7, 11) is 0. The van der Waals surface area contributed by atoms with Gasteiger partial charge < -0.3 is 23.8 Å². The number of benzene rings is 1. The number of nitrogens with zero attached hydrogens (tertiary/aromatic N) is 1. The maximum Gasteiger partial charge on any atom is 0.302 e. The molecule has 0 bridgehead atoms. The molecule has 1 aromatic rings. The molecule has 7 nitrogen and oxygen atoms in total. The minimum Gasteiger partial charge on any atom is -0.479 e. The van der Waals surface area contributed by atoms with Crippen LogP contribution in [0.25, 0.3) is 0 Å². The Morgan fingerprint density at radius 1 is 1.38 bits per heavy atom. The fourth-order valence-electron chi connectivity index (χ4n) is 3.27. The first-order valence-electron chi connectivity index (χ1n) is 9.24. The quantitative estimate of drug-likeness (QED) is 0.291. The molecule has 0 aromatic heterocycles. The molecule has 10 heteroatoms. The summed E-state index contributed by atoms with van der Waals surface area (Å²) in [5.41, 5.74) is 1.52. The smallest absolute Gasteiger partial charge is 0.302 e. The van der Waals surface area contributed by atoms with Crippen molar-refractivity contribution in [3.63, 3.8) is 0 Å². The Kier molecular flexibility index (Phi) is 7.76. The number of carbonyl (C=O) groups excluding carboxylic acids is 2. The third kappa shape index (κ3) is 5.04. The molecule has 3 rings (SSSR count). The van der Waals surface area contributed by atoms with E-state index >= 15 is 0 Å². The van der Waals surface area contributed by atoms with Crippen LogP contribution in [0.2, 0.25) is 0 Å². The van der Waals surface area contributed by atoms with Crippen LogP contribution in [0.1, 0.15) is 25.8 Å². The molecule has 1 saturated heterocycles. The molecule has 1 aromatic carbocycles. The molecule has 29 heavy (non-hydrogen) atoms. The van der Waals surface area contributed by atoms with Crippen LogP contribution in [0.5, 0.6) is 0 Å². The molecule has 1 fully saturated rings. The zero-order valence-corrected chi connectivity index (χ0v) is 19.9. The molecular weight excluding hydrogens is 529 g/mol. The van der Waals surface area contributed by atoms with Gasteiger partial charge in [-0.15, -0.1) is 0 Å². The van der Waals surface area contributed by atoms with Gasteiger partial charge in [-0.1, -0.05) is 11.8 Å². The predicted molar refractivity (Wildman–Crippen MR) is 122 cm³/mol. The Hall–Kier alpha value is -0.950. The number of carbonyl (C=O) groups is 2. The molecule has 1 unspecified atom stereocenters. The second kappa shape index (κ2) is 9.90. The largest absolute Gasteiger partial charge is 0.479 e. The number of esters is 1. The molecular formula is C19H22INO6S2. The zero-order chi connectivity index (χ0) is 21.0. The van der Waals surface area contributed by atoms with Crippen LogP contribution in [0, 0.1) is 3.57 Å². The van der Waals surface area contributed by atoms with E-state index in [4.69, 9.17) is 31.2 Å². The summed E-state index contributed by atoms with van der Waals surface area (Å²) < 4.78 is 23.5. The first kappa shape index (κ1) is 22.7. The highest BCUT2D eigenvalue weighted by molar-refractivity contribution is 14.1. The van der Waals surface area contributed by atoms with Gasteiger partial charge in [0.2, 0.25) is 4.38 Å². The molecule has 2 aliphatic rings. The van der Waals surface area contributed by atoms with Crippen LogP contribution in [0.4, 0.5) is 5.69 Å². The SMILES string of the molecule is CCOC(=S)SC(CCN1C(=O)C2(OCCO2)c2cc(I)ccc21)COC(C)=O. The van der Waals surface area contributed by atoms with Gasteiger partial charge in [0.05, 0.1) is 25.5 Å². The average Bonchev–Trinajstić information content (AvgIpc) is 3.24. The van der Waals surface area contributed by atoms with E-state index in [1.54, 1.807) is 4.90 Å². The standard InChI is InChI=1S/C19H22INO6S2/c1-3-24-18(28)29-14(11-25-12(2)22)6-7-21-16-5-4-13(20)10-15(16)19(17(21)23)26-8-9-27-19/h4-5,10,14H,3,6-9,11H2,1-2H3. The van der Waals surface area contributed by atoms with Crippen molar-refractivity contribution in [1.82, 2.24) is 0 Å². The minimum absolute atomic E-state index is 0.139. The second-order valence-electron chi connectivity index (χ2n) is 6.45. The fourth-order valence-corrected chi connectivity index (χ4v) is 5.11. The van der Waals surface area contributed by atoms with Gasteiger partial charge in [-0.3, -0.25) is 9.59 Å². The summed E-state index contributed by atoms with van der Waals surface area (Å²) in [5, 5.41) is -0.139. The minimum atomic E-state index is -1.35. The van der Waals surface area contributed by atoms with E-state index < -0.39 is 5.79 Å². The molecule has 0 aliphatic carbocycles. The van der Waals surface area contributed by atoms with Gasteiger partial charge in [0.15, 0.2) is 0 Å². The fraction of sp³-hybridized carbons (Fsp3) is 0.526. The van der Waals surface area contributed by atoms with Crippen LogP contribution in [-0.4, -0.2) is 54.5 Å². The summed E-state index contributed by atoms with van der Waals surface area (Å²) in [6.45, 7) is 5.04. The van der Waals surface area contributed by atoms with Crippen LogP contribution < -0.4 is 4.90 Å². The molecule has 1 amide bonds. The van der Waals surface area contributed by atoms with E-state index in [2.05, 4.69) is 22.6 Å². The molecule has 0 radical (unpaired) electrons. The number of thioether (sulfide) groups is 1. The number of amides is 1. The highest BCUT2D eigenvalue weighted by atomic mass is 127. The topological polar surface area (TPSA) is 74.3 Å². The van der Waals surface area contributed by atoms with Crippen LogP contribution in [-0.2, 0) is 34.3 Å². The van der Waals surface area contributed by atoms with Crippen molar-refractivity contribution >= 4 is 68.5 Å². The molecule has 158 valence electrons. The van der Waals surface area contributed by atoms with Gasteiger partial charge in [-0.2, -0.15) is 0 Å². The van der Waals surface area contributed by atoms with E-state index in [0.29, 0.717) is 37.2 Å². The number of hydrogen-bond donors (Lipinski definition) is 0. The van der Waals surface area contributed by atoms with E-state index in [0.717, 1.165) is 14.8 Å². The average molecular weight is 551 g/mol. The summed E-state index contributed by atoms with van der Waals surface area (Å²) in [6, 6.07) is 5.78. The first-order chi connectivity index (χ1) is 13.9. The van der Waals surface area contributed by atoms with Crippen molar-refractivity contribution in [2.24, 2.45) is 0 Å². The summed E-state index contributed by atoms with van der Waals surface area (Å²) >= 11 is 8.76. The number of ether oxygens (including phenoxy) is 4. The van der Waals surface area contributed by atoms with Crippen molar-refractivity contribution < 1.29 is 28.5 Å². The Morgan fingerprint density at radius 3 is 2.76 bits per heavy atom. The van der Waals surface area contributed by atoms with Crippen LogP contribution in [0.3, 0.4) is 0 Å². The first-order valence-corrected chi connectivity index (χ1v) is 11.6. The third-order valence-electron chi connectivity index (χ3n) is 4.50. The zero-order valence-electron chi connectivity index (χ0n) is 16.1. The number of fused-ring (bicyclic) bond motifs is 2. The van der Waals surface area contributed by atoms with Gasteiger partial charge in [0.1, 0.15) is 6.61 Å². The lowest BCUT2D eigenvalue weighted by Crippen LogP contribution is -2.42. The summed E-state index contributed by atoms with van der Waals surface area (Å²) in [5.74, 6) is -1.94. The summed E-state index contributed by atoms with van der Waals surface area (Å²) in [4.78, 5) is 26.2. The number of anilines is 1. The van der Waals surface area contributed by atoms with E-state index in [9.17, 15) is 9.59 Å². The number of rotatable bonds is 7. The number of halogens is 1. The number of hydrogen-bond acceptors (Lipinski definition) is 8. The normalized spacial score (nSPS) is 18.0. The maximum atomic E-state index is 13.2. The van der Waals surface area contributed by atoms with Gasteiger partial charge in [-0.25, -0.2) is 0 Å². The van der Waals surface area contributed by atoms with Crippen molar-refractivity contribution in [2.75, 3.05) is 37.9 Å². The van der Waals surface area contributed by atoms with Crippen molar-refractivity contribution in [1.29, 1.82) is 0 Å². The van der Waals surface area contributed by atoms with Gasteiger partial charge in [-0.05, 0) is 66.4 Å². The van der Waals surface area contributed by atoms with Gasteiger partial charge in [0, 0.05) is 27.9 Å². The second-order valence-corrected chi connectivity index (χ2v) is 9.59. The molecule has 2 aliphatic heterocycles. The monoisotopic (exact) mass is 551 g/mol. The Bertz CT molecular complexity index is 799. The Balaban J connectivity index is 1.76.